The number of aliphatic hydroxyl groups excluding tert-OH is 1. The van der Waals surface area contributed by atoms with Crippen molar-refractivity contribution >= 4 is 17.4 Å². The Hall–Kier alpha value is -3.23. The number of amides is 1. The molecule has 0 saturated carbocycles. The van der Waals surface area contributed by atoms with Crippen molar-refractivity contribution in [2.24, 2.45) is 0 Å². The molecule has 1 N–H and O–H groups in total. The van der Waals surface area contributed by atoms with E-state index >= 15 is 0 Å². The summed E-state index contributed by atoms with van der Waals surface area (Å²) in [4.78, 5) is 29.8. The number of halogens is 1. The molecular weight excluding hydrogens is 439 g/mol. The Morgan fingerprint density at radius 3 is 2.56 bits per heavy atom. The summed E-state index contributed by atoms with van der Waals surface area (Å²) in [5.41, 5.74) is 1.14. The third-order valence-corrected chi connectivity index (χ3v) is 6.26. The van der Waals surface area contributed by atoms with Gasteiger partial charge in [-0.05, 0) is 43.7 Å². The largest absolute Gasteiger partial charge is 0.507 e. The summed E-state index contributed by atoms with van der Waals surface area (Å²) in [6.45, 7) is 7.54. The molecular formula is C26H29FN2O5. The van der Waals surface area contributed by atoms with E-state index in [4.69, 9.17) is 9.47 Å². The summed E-state index contributed by atoms with van der Waals surface area (Å²) in [6, 6.07) is 10.1. The smallest absolute Gasteiger partial charge is 0.295 e. The standard InChI is InChI=1S/C26H29FN2O5/c1-3-34-18-8-9-19(17(2)16-18)24(30)22-23(20-6-4-5-7-21(20)27)29(26(32)25(22)31)11-10-28-12-14-33-15-13-28/h4-9,16,23,30H,3,10-15H2,1-2H3/t23-/m0/s1. The summed E-state index contributed by atoms with van der Waals surface area (Å²) >= 11 is 0. The first-order valence-electron chi connectivity index (χ1n) is 11.5. The molecule has 2 aromatic rings. The number of carbonyl (C=O) groups excluding carboxylic acids is 2. The van der Waals surface area contributed by atoms with Gasteiger partial charge in [0.05, 0.1) is 31.4 Å². The Bertz CT molecular complexity index is 1110. The lowest BCUT2D eigenvalue weighted by molar-refractivity contribution is -0.140. The SMILES string of the molecule is CCOc1ccc(C(O)=C2C(=O)C(=O)N(CCN3CCOCC3)[C@H]2c2ccccc2F)c(C)c1. The van der Waals surface area contributed by atoms with Gasteiger partial charge in [0.1, 0.15) is 17.3 Å². The third-order valence-electron chi connectivity index (χ3n) is 6.26. The second kappa shape index (κ2) is 10.4. The van der Waals surface area contributed by atoms with Crippen molar-refractivity contribution in [1.82, 2.24) is 9.80 Å². The third kappa shape index (κ3) is 4.69. The number of hydrogen-bond acceptors (Lipinski definition) is 6. The fraction of sp³-hybridized carbons (Fsp3) is 0.385. The van der Waals surface area contributed by atoms with E-state index in [0.29, 0.717) is 43.2 Å². The number of carbonyl (C=O) groups is 2. The predicted molar refractivity (Wildman–Crippen MR) is 125 cm³/mol. The van der Waals surface area contributed by atoms with Gasteiger partial charge in [0, 0.05) is 37.3 Å². The maximum absolute atomic E-state index is 14.9. The Morgan fingerprint density at radius 1 is 1.15 bits per heavy atom. The van der Waals surface area contributed by atoms with Gasteiger partial charge in [0.2, 0.25) is 0 Å². The fourth-order valence-corrected chi connectivity index (χ4v) is 4.51. The summed E-state index contributed by atoms with van der Waals surface area (Å²) < 4.78 is 25.8. The molecule has 0 aromatic heterocycles. The molecule has 2 aliphatic rings. The van der Waals surface area contributed by atoms with Crippen LogP contribution in [0.1, 0.15) is 29.7 Å². The lowest BCUT2D eigenvalue weighted by Crippen LogP contribution is -2.42. The molecule has 1 amide bonds. The van der Waals surface area contributed by atoms with E-state index in [1.807, 2.05) is 6.92 Å². The monoisotopic (exact) mass is 468 g/mol. The zero-order valence-corrected chi connectivity index (χ0v) is 19.4. The molecule has 2 fully saturated rings. The highest BCUT2D eigenvalue weighted by Crippen LogP contribution is 2.40. The van der Waals surface area contributed by atoms with Crippen LogP contribution in [0.5, 0.6) is 5.75 Å². The molecule has 2 saturated heterocycles. The Kier molecular flexibility index (Phi) is 7.29. The second-order valence-corrected chi connectivity index (χ2v) is 8.38. The summed E-state index contributed by atoms with van der Waals surface area (Å²) in [7, 11) is 0. The van der Waals surface area contributed by atoms with Crippen LogP contribution in [0.4, 0.5) is 4.39 Å². The number of aliphatic hydroxyl groups is 1. The number of morpholine rings is 1. The van der Waals surface area contributed by atoms with Crippen LogP contribution in [0.3, 0.4) is 0 Å². The number of nitrogens with zero attached hydrogens (tertiary/aromatic N) is 2. The van der Waals surface area contributed by atoms with E-state index in [9.17, 15) is 19.1 Å². The van der Waals surface area contributed by atoms with E-state index in [1.165, 1.54) is 11.0 Å². The van der Waals surface area contributed by atoms with Crippen LogP contribution >= 0.6 is 0 Å². The van der Waals surface area contributed by atoms with Crippen LogP contribution < -0.4 is 4.74 Å². The molecule has 8 heteroatoms. The van der Waals surface area contributed by atoms with E-state index in [-0.39, 0.29) is 23.4 Å². The lowest BCUT2D eigenvalue weighted by atomic mass is 9.93. The molecule has 0 spiro atoms. The Morgan fingerprint density at radius 2 is 1.88 bits per heavy atom. The van der Waals surface area contributed by atoms with E-state index < -0.39 is 23.5 Å². The molecule has 7 nitrogen and oxygen atoms in total. The van der Waals surface area contributed by atoms with Crippen LogP contribution in [0.2, 0.25) is 0 Å². The van der Waals surface area contributed by atoms with Crippen molar-refractivity contribution in [3.63, 3.8) is 0 Å². The molecule has 0 unspecified atom stereocenters. The number of ketones is 1. The van der Waals surface area contributed by atoms with Gasteiger partial charge in [-0.2, -0.15) is 0 Å². The molecule has 1 atom stereocenters. The van der Waals surface area contributed by atoms with E-state index in [2.05, 4.69) is 4.90 Å². The number of rotatable bonds is 7. The van der Waals surface area contributed by atoms with Crippen LogP contribution in [0.25, 0.3) is 5.76 Å². The minimum absolute atomic E-state index is 0.107. The van der Waals surface area contributed by atoms with Crippen LogP contribution in [0.15, 0.2) is 48.0 Å². The first-order valence-corrected chi connectivity index (χ1v) is 11.5. The first kappa shape index (κ1) is 23.9. The first-order chi connectivity index (χ1) is 16.4. The molecule has 34 heavy (non-hydrogen) atoms. The quantitative estimate of drug-likeness (QED) is 0.382. The summed E-state index contributed by atoms with van der Waals surface area (Å²) in [6.07, 6.45) is 0. The minimum Gasteiger partial charge on any atom is -0.507 e. The number of Topliss-reactive ketones (excluding diaryl/α,β-unsaturated/α-hetero) is 1. The van der Waals surface area contributed by atoms with Crippen molar-refractivity contribution in [2.45, 2.75) is 19.9 Å². The molecule has 0 radical (unpaired) electrons. The van der Waals surface area contributed by atoms with Gasteiger partial charge in [-0.25, -0.2) is 4.39 Å². The Labute approximate surface area is 198 Å². The zero-order valence-electron chi connectivity index (χ0n) is 19.4. The zero-order chi connectivity index (χ0) is 24.2. The molecule has 180 valence electrons. The van der Waals surface area contributed by atoms with Crippen molar-refractivity contribution in [3.8, 4) is 5.75 Å². The minimum atomic E-state index is -1.02. The van der Waals surface area contributed by atoms with E-state index in [0.717, 1.165) is 13.1 Å². The van der Waals surface area contributed by atoms with Crippen molar-refractivity contribution in [1.29, 1.82) is 0 Å². The lowest BCUT2D eigenvalue weighted by Gasteiger charge is -2.31. The molecule has 0 bridgehead atoms. The molecule has 2 aromatic carbocycles. The number of aryl methyl sites for hydroxylation is 1. The average molecular weight is 469 g/mol. The van der Waals surface area contributed by atoms with Gasteiger partial charge >= 0.3 is 0 Å². The normalized spacial score (nSPS) is 20.7. The van der Waals surface area contributed by atoms with Crippen LogP contribution in [0, 0.1) is 12.7 Å². The fourth-order valence-electron chi connectivity index (χ4n) is 4.51. The maximum Gasteiger partial charge on any atom is 0.295 e. The van der Waals surface area contributed by atoms with Gasteiger partial charge < -0.3 is 19.5 Å². The second-order valence-electron chi connectivity index (χ2n) is 8.38. The summed E-state index contributed by atoms with van der Waals surface area (Å²) in [5, 5.41) is 11.3. The van der Waals surface area contributed by atoms with Crippen LogP contribution in [-0.2, 0) is 14.3 Å². The molecule has 2 heterocycles. The number of likely N-dealkylation sites (tertiary alicyclic amines) is 1. The van der Waals surface area contributed by atoms with Gasteiger partial charge in [-0.3, -0.25) is 14.5 Å². The molecule has 4 rings (SSSR count). The predicted octanol–water partition coefficient (Wildman–Crippen LogP) is 3.29. The highest BCUT2D eigenvalue weighted by molar-refractivity contribution is 6.46. The topological polar surface area (TPSA) is 79.3 Å². The van der Waals surface area contributed by atoms with Gasteiger partial charge in [0.15, 0.2) is 0 Å². The summed E-state index contributed by atoms with van der Waals surface area (Å²) in [5.74, 6) is -1.79. The average Bonchev–Trinajstić information content (AvgIpc) is 3.08. The van der Waals surface area contributed by atoms with Gasteiger partial charge in [-0.15, -0.1) is 0 Å². The van der Waals surface area contributed by atoms with E-state index in [1.54, 1.807) is 43.3 Å². The molecule has 0 aliphatic carbocycles. The van der Waals surface area contributed by atoms with Gasteiger partial charge in [0.25, 0.3) is 11.7 Å². The van der Waals surface area contributed by atoms with Crippen LogP contribution in [-0.4, -0.2) is 72.6 Å². The highest BCUT2D eigenvalue weighted by Gasteiger charge is 2.47. The molecule has 2 aliphatic heterocycles. The van der Waals surface area contributed by atoms with Crippen molar-refractivity contribution in [3.05, 3.63) is 70.5 Å². The Balaban J connectivity index is 1.76. The maximum atomic E-state index is 14.9. The number of hydrogen-bond donors (Lipinski definition) is 1. The van der Waals surface area contributed by atoms with Gasteiger partial charge in [-0.1, -0.05) is 18.2 Å². The van der Waals surface area contributed by atoms with Crippen molar-refractivity contribution < 1.29 is 28.6 Å². The number of ether oxygens (including phenoxy) is 2. The number of benzene rings is 2. The van der Waals surface area contributed by atoms with Crippen molar-refractivity contribution in [2.75, 3.05) is 46.0 Å². The highest BCUT2D eigenvalue weighted by atomic mass is 19.1.